The highest BCUT2D eigenvalue weighted by atomic mass is 19.4. The molecule has 146 valence electrons. The predicted molar refractivity (Wildman–Crippen MR) is 95.9 cm³/mol. The number of hydrogen-bond acceptors (Lipinski definition) is 3. The Morgan fingerprint density at radius 3 is 2.56 bits per heavy atom. The van der Waals surface area contributed by atoms with Crippen LogP contribution in [-0.4, -0.2) is 29.1 Å². The Morgan fingerprint density at radius 2 is 1.96 bits per heavy atom. The summed E-state index contributed by atoms with van der Waals surface area (Å²) < 4.78 is 59.3. The molecule has 0 saturated heterocycles. The van der Waals surface area contributed by atoms with E-state index >= 15 is 0 Å². The standard InChI is InChI=1S/C20H22F4N2O/c1-19(2,3)12-26-9-7-13(8-10-26)27-16-11-17(21)25-18-14(16)5-4-6-15(18)20(22,23)24/h4-7,9,11,13H,8,10,12H2,1-3H3. The number of rotatable bonds is 3. The van der Waals surface area contributed by atoms with Gasteiger partial charge in [-0.15, -0.1) is 0 Å². The molecule has 1 aliphatic heterocycles. The summed E-state index contributed by atoms with van der Waals surface area (Å²) in [5.74, 6) is -0.925. The van der Waals surface area contributed by atoms with Crippen molar-refractivity contribution in [2.75, 3.05) is 13.1 Å². The molecular weight excluding hydrogens is 360 g/mol. The topological polar surface area (TPSA) is 25.4 Å². The Kier molecular flexibility index (Phi) is 5.06. The van der Waals surface area contributed by atoms with Gasteiger partial charge < -0.3 is 9.64 Å². The van der Waals surface area contributed by atoms with Gasteiger partial charge in [0.05, 0.1) is 11.1 Å². The van der Waals surface area contributed by atoms with E-state index in [1.54, 1.807) is 0 Å². The zero-order chi connectivity index (χ0) is 19.8. The highest BCUT2D eigenvalue weighted by Gasteiger charge is 2.34. The van der Waals surface area contributed by atoms with Crippen molar-refractivity contribution in [2.45, 2.75) is 39.5 Å². The van der Waals surface area contributed by atoms with E-state index in [1.165, 1.54) is 12.1 Å². The zero-order valence-corrected chi connectivity index (χ0v) is 15.5. The van der Waals surface area contributed by atoms with Crippen molar-refractivity contribution in [3.05, 3.63) is 48.1 Å². The van der Waals surface area contributed by atoms with Crippen LogP contribution in [0.15, 0.2) is 36.5 Å². The number of pyridine rings is 1. The molecule has 0 N–H and O–H groups in total. The Bertz CT molecular complexity index is 855. The SMILES string of the molecule is CC(C)(C)CN1C=CC(Oc2cc(F)nc3c(C(F)(F)F)cccc23)CC1. The first-order valence-corrected chi connectivity index (χ1v) is 8.78. The van der Waals surface area contributed by atoms with Gasteiger partial charge in [0.2, 0.25) is 5.95 Å². The second-order valence-electron chi connectivity index (χ2n) is 7.96. The van der Waals surface area contributed by atoms with Gasteiger partial charge in [0, 0.05) is 31.0 Å². The lowest BCUT2D eigenvalue weighted by Gasteiger charge is -2.33. The van der Waals surface area contributed by atoms with Gasteiger partial charge >= 0.3 is 6.18 Å². The lowest BCUT2D eigenvalue weighted by Crippen LogP contribution is -2.35. The maximum Gasteiger partial charge on any atom is 0.418 e. The molecule has 1 unspecified atom stereocenters. The minimum absolute atomic E-state index is 0.0718. The van der Waals surface area contributed by atoms with Crippen molar-refractivity contribution in [3.8, 4) is 5.75 Å². The van der Waals surface area contributed by atoms with Gasteiger partial charge in [0.15, 0.2) is 0 Å². The summed E-state index contributed by atoms with van der Waals surface area (Å²) in [6.07, 6.45) is -0.499. The Labute approximate surface area is 155 Å². The van der Waals surface area contributed by atoms with Crippen molar-refractivity contribution in [1.82, 2.24) is 9.88 Å². The number of benzene rings is 1. The fourth-order valence-electron chi connectivity index (χ4n) is 3.20. The third kappa shape index (κ3) is 4.70. The van der Waals surface area contributed by atoms with E-state index < -0.39 is 23.2 Å². The minimum atomic E-state index is -4.62. The van der Waals surface area contributed by atoms with Crippen LogP contribution in [0.4, 0.5) is 17.6 Å². The van der Waals surface area contributed by atoms with E-state index in [9.17, 15) is 17.6 Å². The zero-order valence-electron chi connectivity index (χ0n) is 15.5. The fourth-order valence-corrected chi connectivity index (χ4v) is 3.20. The Hall–Kier alpha value is -2.31. The fraction of sp³-hybridized carbons (Fsp3) is 0.450. The van der Waals surface area contributed by atoms with Crippen LogP contribution in [0, 0.1) is 11.4 Å². The predicted octanol–water partition coefficient (Wildman–Crippen LogP) is 5.41. The molecule has 7 heteroatoms. The van der Waals surface area contributed by atoms with Crippen molar-refractivity contribution in [1.29, 1.82) is 0 Å². The van der Waals surface area contributed by atoms with Crippen LogP contribution in [0.2, 0.25) is 0 Å². The average Bonchev–Trinajstić information content (AvgIpc) is 2.53. The van der Waals surface area contributed by atoms with E-state index in [4.69, 9.17) is 4.74 Å². The van der Waals surface area contributed by atoms with Gasteiger partial charge in [0.1, 0.15) is 11.9 Å². The third-order valence-electron chi connectivity index (χ3n) is 4.24. The smallest absolute Gasteiger partial charge is 0.418 e. The molecule has 3 nitrogen and oxygen atoms in total. The second-order valence-corrected chi connectivity index (χ2v) is 7.96. The van der Waals surface area contributed by atoms with Crippen LogP contribution in [0.1, 0.15) is 32.8 Å². The second kappa shape index (κ2) is 7.02. The van der Waals surface area contributed by atoms with E-state index in [1.807, 2.05) is 12.3 Å². The summed E-state index contributed by atoms with van der Waals surface area (Å²) in [6.45, 7) is 8.09. The number of ether oxygens (including phenoxy) is 1. The first-order chi connectivity index (χ1) is 12.5. The summed E-state index contributed by atoms with van der Waals surface area (Å²) >= 11 is 0. The first kappa shape index (κ1) is 19.5. The quantitative estimate of drug-likeness (QED) is 0.525. The summed E-state index contributed by atoms with van der Waals surface area (Å²) in [5.41, 5.74) is -1.26. The molecule has 2 heterocycles. The highest BCUT2D eigenvalue weighted by molar-refractivity contribution is 5.88. The molecular formula is C20H22F4N2O. The molecule has 1 aliphatic rings. The molecule has 3 rings (SSSR count). The molecule has 1 aromatic carbocycles. The molecule has 1 atom stereocenters. The minimum Gasteiger partial charge on any atom is -0.485 e. The lowest BCUT2D eigenvalue weighted by atomic mass is 9.95. The largest absolute Gasteiger partial charge is 0.485 e. The molecule has 0 amide bonds. The summed E-state index contributed by atoms with van der Waals surface area (Å²) in [7, 11) is 0. The molecule has 0 aliphatic carbocycles. The summed E-state index contributed by atoms with van der Waals surface area (Å²) in [4.78, 5) is 5.63. The number of para-hydroxylation sites is 1. The molecule has 0 radical (unpaired) electrons. The van der Waals surface area contributed by atoms with E-state index in [0.717, 1.165) is 25.2 Å². The van der Waals surface area contributed by atoms with Gasteiger partial charge in [-0.05, 0) is 29.8 Å². The van der Waals surface area contributed by atoms with E-state index in [2.05, 4.69) is 30.7 Å². The van der Waals surface area contributed by atoms with Crippen LogP contribution >= 0.6 is 0 Å². The van der Waals surface area contributed by atoms with Crippen LogP contribution < -0.4 is 4.74 Å². The molecule has 0 spiro atoms. The molecule has 1 aromatic heterocycles. The monoisotopic (exact) mass is 382 g/mol. The van der Waals surface area contributed by atoms with Crippen molar-refractivity contribution in [2.24, 2.45) is 5.41 Å². The number of fused-ring (bicyclic) bond motifs is 1. The number of nitrogens with zero attached hydrogens (tertiary/aromatic N) is 2. The molecule has 0 saturated carbocycles. The summed E-state index contributed by atoms with van der Waals surface area (Å²) in [6, 6.07) is 4.67. The number of hydrogen-bond donors (Lipinski definition) is 0. The number of aromatic nitrogens is 1. The van der Waals surface area contributed by atoms with Crippen molar-refractivity contribution in [3.63, 3.8) is 0 Å². The van der Waals surface area contributed by atoms with Crippen LogP contribution in [0.25, 0.3) is 10.9 Å². The van der Waals surface area contributed by atoms with Gasteiger partial charge in [-0.2, -0.15) is 17.6 Å². The van der Waals surface area contributed by atoms with Crippen LogP contribution in [0.5, 0.6) is 5.75 Å². The number of halogens is 4. The number of alkyl halides is 3. The van der Waals surface area contributed by atoms with Gasteiger partial charge in [0.25, 0.3) is 0 Å². The summed E-state index contributed by atoms with van der Waals surface area (Å²) in [5, 5.41) is 0.150. The van der Waals surface area contributed by atoms with Crippen molar-refractivity contribution >= 4 is 10.9 Å². The molecule has 0 bridgehead atoms. The average molecular weight is 382 g/mol. The Morgan fingerprint density at radius 1 is 1.22 bits per heavy atom. The van der Waals surface area contributed by atoms with Gasteiger partial charge in [-0.25, -0.2) is 4.98 Å². The van der Waals surface area contributed by atoms with Crippen molar-refractivity contribution < 1.29 is 22.3 Å². The lowest BCUT2D eigenvalue weighted by molar-refractivity contribution is -0.136. The van der Waals surface area contributed by atoms with Gasteiger partial charge in [-0.1, -0.05) is 26.8 Å². The first-order valence-electron chi connectivity index (χ1n) is 8.78. The normalized spacial score (nSPS) is 18.2. The van der Waals surface area contributed by atoms with Crippen LogP contribution in [-0.2, 0) is 6.18 Å². The molecule has 2 aromatic rings. The maximum atomic E-state index is 13.9. The van der Waals surface area contributed by atoms with E-state index in [-0.39, 0.29) is 22.7 Å². The molecule has 27 heavy (non-hydrogen) atoms. The maximum absolute atomic E-state index is 13.9. The highest BCUT2D eigenvalue weighted by Crippen LogP contribution is 2.37. The van der Waals surface area contributed by atoms with Crippen LogP contribution in [0.3, 0.4) is 0 Å². The molecule has 0 fully saturated rings. The van der Waals surface area contributed by atoms with E-state index in [0.29, 0.717) is 6.42 Å². The Balaban J connectivity index is 1.87. The third-order valence-corrected chi connectivity index (χ3v) is 4.24. The van der Waals surface area contributed by atoms with Gasteiger partial charge in [-0.3, -0.25) is 0 Å².